The van der Waals surface area contributed by atoms with Gasteiger partial charge in [0.1, 0.15) is 0 Å². The zero-order valence-electron chi connectivity index (χ0n) is 11.7. The SMILES string of the molecule is CCN(CC1CCCN1)c1nc(OC)nc(OC)n1. The maximum Gasteiger partial charge on any atom is 0.324 e. The van der Waals surface area contributed by atoms with E-state index in [1.165, 1.54) is 27.1 Å². The van der Waals surface area contributed by atoms with Crippen LogP contribution >= 0.6 is 0 Å². The highest BCUT2D eigenvalue weighted by molar-refractivity contribution is 5.32. The number of nitrogens with zero attached hydrogens (tertiary/aromatic N) is 4. The van der Waals surface area contributed by atoms with Gasteiger partial charge in [0, 0.05) is 19.1 Å². The number of hydrogen-bond acceptors (Lipinski definition) is 7. The van der Waals surface area contributed by atoms with E-state index in [0.29, 0.717) is 12.0 Å². The summed E-state index contributed by atoms with van der Waals surface area (Å²) >= 11 is 0. The van der Waals surface area contributed by atoms with Crippen LogP contribution < -0.4 is 19.7 Å². The Hall–Kier alpha value is -1.63. The first-order chi connectivity index (χ1) is 9.26. The number of nitrogens with one attached hydrogen (secondary N) is 1. The van der Waals surface area contributed by atoms with Gasteiger partial charge in [-0.3, -0.25) is 0 Å². The third kappa shape index (κ3) is 3.44. The number of ether oxygens (including phenoxy) is 2. The Kier molecular flexibility index (Phi) is 4.73. The van der Waals surface area contributed by atoms with E-state index >= 15 is 0 Å². The first kappa shape index (κ1) is 13.8. The molecule has 0 saturated carbocycles. The molecular weight excluding hydrogens is 246 g/mol. The third-order valence-electron chi connectivity index (χ3n) is 3.22. The molecule has 0 spiro atoms. The second-order valence-corrected chi connectivity index (χ2v) is 4.44. The summed E-state index contributed by atoms with van der Waals surface area (Å²) in [6.45, 7) is 4.88. The first-order valence-electron chi connectivity index (χ1n) is 6.59. The lowest BCUT2D eigenvalue weighted by molar-refractivity contribution is 0.339. The molecule has 1 aliphatic rings. The summed E-state index contributed by atoms with van der Waals surface area (Å²) < 4.78 is 10.2. The van der Waals surface area contributed by atoms with Crippen molar-refractivity contribution in [3.63, 3.8) is 0 Å². The van der Waals surface area contributed by atoms with E-state index in [9.17, 15) is 0 Å². The molecule has 1 aliphatic heterocycles. The summed E-state index contributed by atoms with van der Waals surface area (Å²) in [7, 11) is 3.07. The molecule has 0 aromatic carbocycles. The van der Waals surface area contributed by atoms with Crippen LogP contribution in [0.4, 0.5) is 5.95 Å². The van der Waals surface area contributed by atoms with Crippen molar-refractivity contribution in [3.05, 3.63) is 0 Å². The third-order valence-corrected chi connectivity index (χ3v) is 3.22. The average molecular weight is 267 g/mol. The quantitative estimate of drug-likeness (QED) is 0.803. The number of anilines is 1. The van der Waals surface area contributed by atoms with Crippen LogP contribution in [0.2, 0.25) is 0 Å². The van der Waals surface area contributed by atoms with Gasteiger partial charge in [-0.05, 0) is 26.3 Å². The molecule has 1 fully saturated rings. The molecule has 19 heavy (non-hydrogen) atoms. The van der Waals surface area contributed by atoms with Crippen LogP contribution in [-0.4, -0.2) is 54.8 Å². The largest absolute Gasteiger partial charge is 0.467 e. The zero-order chi connectivity index (χ0) is 13.7. The van der Waals surface area contributed by atoms with Crippen LogP contribution in [0.5, 0.6) is 12.0 Å². The van der Waals surface area contributed by atoms with E-state index in [4.69, 9.17) is 9.47 Å². The van der Waals surface area contributed by atoms with Crippen molar-refractivity contribution in [2.45, 2.75) is 25.8 Å². The lowest BCUT2D eigenvalue weighted by Crippen LogP contribution is -2.38. The minimum absolute atomic E-state index is 0.277. The Balaban J connectivity index is 2.15. The molecule has 1 N–H and O–H groups in total. The van der Waals surface area contributed by atoms with Crippen molar-refractivity contribution >= 4 is 5.95 Å². The lowest BCUT2D eigenvalue weighted by Gasteiger charge is -2.24. The smallest absolute Gasteiger partial charge is 0.324 e. The summed E-state index contributed by atoms with van der Waals surface area (Å²) in [6.07, 6.45) is 2.42. The van der Waals surface area contributed by atoms with Crippen molar-refractivity contribution in [2.24, 2.45) is 0 Å². The maximum atomic E-state index is 5.08. The number of rotatable bonds is 6. The number of methoxy groups -OCH3 is 2. The summed E-state index contributed by atoms with van der Waals surface area (Å²) in [6, 6.07) is 1.05. The maximum absolute atomic E-state index is 5.08. The molecule has 0 amide bonds. The van der Waals surface area contributed by atoms with Crippen LogP contribution in [-0.2, 0) is 0 Å². The molecule has 0 radical (unpaired) electrons. The van der Waals surface area contributed by atoms with Crippen molar-refractivity contribution in [3.8, 4) is 12.0 Å². The zero-order valence-corrected chi connectivity index (χ0v) is 11.7. The highest BCUT2D eigenvalue weighted by atomic mass is 16.5. The second-order valence-electron chi connectivity index (χ2n) is 4.44. The predicted octanol–water partition coefficient (Wildman–Crippen LogP) is 0.467. The van der Waals surface area contributed by atoms with Gasteiger partial charge in [0.05, 0.1) is 14.2 Å². The Morgan fingerprint density at radius 2 is 1.89 bits per heavy atom. The van der Waals surface area contributed by atoms with Gasteiger partial charge in [0.15, 0.2) is 0 Å². The van der Waals surface area contributed by atoms with Gasteiger partial charge >= 0.3 is 12.0 Å². The topological polar surface area (TPSA) is 72.4 Å². The molecule has 1 saturated heterocycles. The van der Waals surface area contributed by atoms with E-state index in [0.717, 1.165) is 19.6 Å². The molecule has 0 aliphatic carbocycles. The van der Waals surface area contributed by atoms with Crippen LogP contribution in [0.15, 0.2) is 0 Å². The highest BCUT2D eigenvalue weighted by Gasteiger charge is 2.20. The molecule has 0 bridgehead atoms. The molecule has 1 aromatic heterocycles. The fraction of sp³-hybridized carbons (Fsp3) is 0.750. The fourth-order valence-electron chi connectivity index (χ4n) is 2.18. The standard InChI is InChI=1S/C12H21N5O2/c1-4-17(8-9-6-5-7-13-9)10-14-11(18-2)16-12(15-10)19-3/h9,13H,4-8H2,1-3H3. The molecular formula is C12H21N5O2. The van der Waals surface area contributed by atoms with Crippen LogP contribution in [0, 0.1) is 0 Å². The van der Waals surface area contributed by atoms with Gasteiger partial charge < -0.3 is 19.7 Å². The van der Waals surface area contributed by atoms with Gasteiger partial charge in [-0.1, -0.05) is 0 Å². The van der Waals surface area contributed by atoms with Gasteiger partial charge in [0.25, 0.3) is 0 Å². The Labute approximate surface area is 113 Å². The van der Waals surface area contributed by atoms with Crippen LogP contribution in [0.3, 0.4) is 0 Å². The van der Waals surface area contributed by atoms with Gasteiger partial charge in [0.2, 0.25) is 5.95 Å². The van der Waals surface area contributed by atoms with E-state index < -0.39 is 0 Å². The molecule has 7 heteroatoms. The van der Waals surface area contributed by atoms with Crippen LogP contribution in [0.25, 0.3) is 0 Å². The molecule has 2 heterocycles. The van der Waals surface area contributed by atoms with Crippen LogP contribution in [0.1, 0.15) is 19.8 Å². The van der Waals surface area contributed by atoms with Crippen molar-refractivity contribution in [2.75, 3.05) is 38.8 Å². The number of likely N-dealkylation sites (N-methyl/N-ethyl adjacent to an activating group) is 1. The Bertz CT molecular complexity index is 387. The van der Waals surface area contributed by atoms with E-state index in [1.807, 2.05) is 0 Å². The number of aromatic nitrogens is 3. The fourth-order valence-corrected chi connectivity index (χ4v) is 2.18. The lowest BCUT2D eigenvalue weighted by atomic mass is 10.2. The highest BCUT2D eigenvalue weighted by Crippen LogP contribution is 2.17. The Morgan fingerprint density at radius 1 is 1.21 bits per heavy atom. The number of hydrogen-bond donors (Lipinski definition) is 1. The predicted molar refractivity (Wildman–Crippen MR) is 71.8 cm³/mol. The molecule has 1 aromatic rings. The van der Waals surface area contributed by atoms with Gasteiger partial charge in [-0.2, -0.15) is 9.97 Å². The minimum atomic E-state index is 0.277. The first-order valence-corrected chi connectivity index (χ1v) is 6.59. The Morgan fingerprint density at radius 3 is 2.37 bits per heavy atom. The molecule has 106 valence electrons. The van der Waals surface area contributed by atoms with Gasteiger partial charge in [-0.15, -0.1) is 4.98 Å². The summed E-state index contributed by atoms with van der Waals surface area (Å²) in [5.41, 5.74) is 0. The minimum Gasteiger partial charge on any atom is -0.467 e. The monoisotopic (exact) mass is 267 g/mol. The average Bonchev–Trinajstić information content (AvgIpc) is 2.97. The summed E-state index contributed by atoms with van der Waals surface area (Å²) in [4.78, 5) is 14.7. The van der Waals surface area contributed by atoms with E-state index in [2.05, 4.69) is 32.1 Å². The normalized spacial score (nSPS) is 18.4. The van der Waals surface area contributed by atoms with E-state index in [1.54, 1.807) is 0 Å². The molecule has 2 rings (SSSR count). The molecule has 7 nitrogen and oxygen atoms in total. The summed E-state index contributed by atoms with van der Waals surface area (Å²) in [5.74, 6) is 0.597. The molecule has 1 atom stereocenters. The van der Waals surface area contributed by atoms with Crippen molar-refractivity contribution in [1.82, 2.24) is 20.3 Å². The van der Waals surface area contributed by atoms with Crippen molar-refractivity contribution < 1.29 is 9.47 Å². The second kappa shape index (κ2) is 6.51. The van der Waals surface area contributed by atoms with E-state index in [-0.39, 0.29) is 12.0 Å². The van der Waals surface area contributed by atoms with Gasteiger partial charge in [-0.25, -0.2) is 0 Å². The summed E-state index contributed by atoms with van der Waals surface area (Å²) in [5, 5.41) is 3.47. The molecule has 1 unspecified atom stereocenters. The van der Waals surface area contributed by atoms with Crippen molar-refractivity contribution in [1.29, 1.82) is 0 Å².